The third-order valence-electron chi connectivity index (χ3n) is 6.48. The van der Waals surface area contributed by atoms with Crippen LogP contribution in [0.1, 0.15) is 43.2 Å². The van der Waals surface area contributed by atoms with Crippen LogP contribution in [0.25, 0.3) is 0 Å². The normalized spacial score (nSPS) is 14.1. The Bertz CT molecular complexity index is 1010. The molecule has 4 rings (SSSR count). The number of nitrogens with one attached hydrogen (secondary N) is 1. The standard InChI is InChI=1S/C31H39NO4.ClH/c1-33-30-14-9-11-26-17-20-29(36-31(26)30)24-32-21-6-5-10-25-15-18-28(19-16-25)35-23-8-7-22-34-27-12-3-2-4-13-27;/h2-4,9,11-16,18-19,29,32H,5-8,10,17,20-24H2,1H3;1H/t29-;/m1./s1. The van der Waals surface area contributed by atoms with Gasteiger partial charge >= 0.3 is 0 Å². The fourth-order valence-corrected chi connectivity index (χ4v) is 4.43. The average Bonchev–Trinajstić information content (AvgIpc) is 2.93. The molecule has 0 bridgehead atoms. The highest BCUT2D eigenvalue weighted by molar-refractivity contribution is 5.85. The summed E-state index contributed by atoms with van der Waals surface area (Å²) in [5.74, 6) is 3.62. The van der Waals surface area contributed by atoms with E-state index >= 15 is 0 Å². The van der Waals surface area contributed by atoms with Crippen molar-refractivity contribution in [3.05, 3.63) is 83.9 Å². The predicted molar refractivity (Wildman–Crippen MR) is 152 cm³/mol. The molecule has 6 heteroatoms. The van der Waals surface area contributed by atoms with Crippen molar-refractivity contribution >= 4 is 12.4 Å². The number of halogens is 1. The van der Waals surface area contributed by atoms with Crippen molar-refractivity contribution in [3.63, 3.8) is 0 Å². The van der Waals surface area contributed by atoms with E-state index in [0.717, 1.165) is 87.6 Å². The van der Waals surface area contributed by atoms with Gasteiger partial charge < -0.3 is 24.3 Å². The number of unbranched alkanes of at least 4 members (excludes halogenated alkanes) is 2. The molecule has 1 aliphatic heterocycles. The monoisotopic (exact) mass is 525 g/mol. The minimum Gasteiger partial charge on any atom is -0.494 e. The summed E-state index contributed by atoms with van der Waals surface area (Å²) in [5, 5.41) is 3.57. The largest absolute Gasteiger partial charge is 0.494 e. The number of para-hydroxylation sites is 2. The Morgan fingerprint density at radius 1 is 0.811 bits per heavy atom. The van der Waals surface area contributed by atoms with Crippen LogP contribution in [-0.2, 0) is 12.8 Å². The lowest BCUT2D eigenvalue weighted by atomic mass is 10.0. The van der Waals surface area contributed by atoms with E-state index in [4.69, 9.17) is 18.9 Å². The van der Waals surface area contributed by atoms with Crippen molar-refractivity contribution in [1.82, 2.24) is 5.32 Å². The summed E-state index contributed by atoms with van der Waals surface area (Å²) in [6.07, 6.45) is 7.65. The van der Waals surface area contributed by atoms with E-state index in [2.05, 4.69) is 35.6 Å². The zero-order valence-corrected chi connectivity index (χ0v) is 22.6. The molecule has 0 saturated heterocycles. The van der Waals surface area contributed by atoms with Gasteiger partial charge in [0.15, 0.2) is 11.5 Å². The van der Waals surface area contributed by atoms with Crippen molar-refractivity contribution in [2.75, 3.05) is 33.4 Å². The molecule has 1 atom stereocenters. The molecular formula is C31H40ClNO4. The third kappa shape index (κ3) is 9.49. The van der Waals surface area contributed by atoms with E-state index in [-0.39, 0.29) is 18.5 Å². The number of rotatable bonds is 15. The molecule has 1 aliphatic rings. The molecular weight excluding hydrogens is 486 g/mol. The highest BCUT2D eigenvalue weighted by atomic mass is 35.5. The predicted octanol–water partition coefficient (Wildman–Crippen LogP) is 6.66. The molecule has 37 heavy (non-hydrogen) atoms. The number of aryl methyl sites for hydroxylation is 2. The minimum absolute atomic E-state index is 0. The van der Waals surface area contributed by atoms with Crippen LogP contribution in [0.5, 0.6) is 23.0 Å². The topological polar surface area (TPSA) is 49.0 Å². The second-order valence-corrected chi connectivity index (χ2v) is 9.25. The van der Waals surface area contributed by atoms with Crippen LogP contribution in [0, 0.1) is 0 Å². The Kier molecular flexibility index (Phi) is 12.4. The van der Waals surface area contributed by atoms with E-state index in [0.29, 0.717) is 6.61 Å². The number of benzene rings is 3. The molecule has 0 radical (unpaired) electrons. The minimum atomic E-state index is 0. The fraction of sp³-hybridized carbons (Fsp3) is 0.419. The van der Waals surface area contributed by atoms with Gasteiger partial charge in [-0.15, -0.1) is 12.4 Å². The zero-order valence-electron chi connectivity index (χ0n) is 21.8. The van der Waals surface area contributed by atoms with E-state index in [9.17, 15) is 0 Å². The Morgan fingerprint density at radius 2 is 1.54 bits per heavy atom. The molecule has 0 saturated carbocycles. The van der Waals surface area contributed by atoms with Crippen molar-refractivity contribution in [2.24, 2.45) is 0 Å². The molecule has 1 N–H and O–H groups in total. The van der Waals surface area contributed by atoms with Gasteiger partial charge in [0.05, 0.1) is 20.3 Å². The number of fused-ring (bicyclic) bond motifs is 1. The Morgan fingerprint density at radius 3 is 2.27 bits per heavy atom. The van der Waals surface area contributed by atoms with E-state index < -0.39 is 0 Å². The zero-order chi connectivity index (χ0) is 24.8. The summed E-state index contributed by atoms with van der Waals surface area (Å²) in [7, 11) is 1.70. The first-order chi connectivity index (χ1) is 17.8. The van der Waals surface area contributed by atoms with E-state index in [1.165, 1.54) is 11.1 Å². The fourth-order valence-electron chi connectivity index (χ4n) is 4.43. The molecule has 200 valence electrons. The van der Waals surface area contributed by atoms with Gasteiger partial charge in [-0.1, -0.05) is 42.5 Å². The van der Waals surface area contributed by atoms with E-state index in [1.54, 1.807) is 7.11 Å². The summed E-state index contributed by atoms with van der Waals surface area (Å²) in [6, 6.07) is 24.6. The van der Waals surface area contributed by atoms with Crippen LogP contribution in [0.2, 0.25) is 0 Å². The Balaban J connectivity index is 0.00000380. The van der Waals surface area contributed by atoms with Gasteiger partial charge in [0.1, 0.15) is 17.6 Å². The van der Waals surface area contributed by atoms with Gasteiger partial charge in [-0.05, 0) is 92.9 Å². The highest BCUT2D eigenvalue weighted by Crippen LogP contribution is 2.36. The maximum absolute atomic E-state index is 6.20. The first-order valence-electron chi connectivity index (χ1n) is 13.2. The lowest BCUT2D eigenvalue weighted by Gasteiger charge is -2.27. The van der Waals surface area contributed by atoms with Crippen molar-refractivity contribution in [3.8, 4) is 23.0 Å². The highest BCUT2D eigenvalue weighted by Gasteiger charge is 2.22. The molecule has 1 heterocycles. The Labute approximate surface area is 227 Å². The lowest BCUT2D eigenvalue weighted by molar-refractivity contribution is 0.163. The van der Waals surface area contributed by atoms with E-state index in [1.807, 2.05) is 42.5 Å². The van der Waals surface area contributed by atoms with Crippen LogP contribution in [0.15, 0.2) is 72.8 Å². The average molecular weight is 526 g/mol. The van der Waals surface area contributed by atoms with Gasteiger partial charge in [0.25, 0.3) is 0 Å². The maximum atomic E-state index is 6.20. The number of hydrogen-bond donors (Lipinski definition) is 1. The summed E-state index contributed by atoms with van der Waals surface area (Å²) in [6.45, 7) is 3.32. The summed E-state index contributed by atoms with van der Waals surface area (Å²) >= 11 is 0. The van der Waals surface area contributed by atoms with Crippen molar-refractivity contribution in [2.45, 2.75) is 51.0 Å². The molecule has 0 amide bonds. The Hall–Kier alpha value is -2.89. The first kappa shape index (κ1) is 28.7. The smallest absolute Gasteiger partial charge is 0.164 e. The number of methoxy groups -OCH3 is 1. The molecule has 0 aromatic heterocycles. The summed E-state index contributed by atoms with van der Waals surface area (Å²) in [4.78, 5) is 0. The quantitative estimate of drug-likeness (QED) is 0.225. The second kappa shape index (κ2) is 16.1. The van der Waals surface area contributed by atoms with Crippen LogP contribution in [-0.4, -0.2) is 39.5 Å². The second-order valence-electron chi connectivity index (χ2n) is 9.25. The SMILES string of the molecule is COc1cccc2c1O[C@@H](CNCCCCc1ccc(OCCCCOc3ccccc3)cc1)CC2.Cl. The third-order valence-corrected chi connectivity index (χ3v) is 6.48. The van der Waals surface area contributed by atoms with Gasteiger partial charge in [-0.2, -0.15) is 0 Å². The number of ether oxygens (including phenoxy) is 4. The molecule has 0 spiro atoms. The van der Waals surface area contributed by atoms with Crippen molar-refractivity contribution in [1.29, 1.82) is 0 Å². The molecule has 3 aromatic rings. The summed E-state index contributed by atoms with van der Waals surface area (Å²) < 4.78 is 23.3. The lowest BCUT2D eigenvalue weighted by Crippen LogP contribution is -2.34. The van der Waals surface area contributed by atoms with Gasteiger partial charge in [0.2, 0.25) is 0 Å². The van der Waals surface area contributed by atoms with Crippen LogP contribution < -0.4 is 24.3 Å². The molecule has 0 aliphatic carbocycles. The van der Waals surface area contributed by atoms with Crippen LogP contribution >= 0.6 is 12.4 Å². The summed E-state index contributed by atoms with van der Waals surface area (Å²) in [5.41, 5.74) is 2.60. The van der Waals surface area contributed by atoms with Crippen molar-refractivity contribution < 1.29 is 18.9 Å². The first-order valence-corrected chi connectivity index (χ1v) is 13.2. The maximum Gasteiger partial charge on any atom is 0.164 e. The van der Waals surface area contributed by atoms with Crippen LogP contribution in [0.3, 0.4) is 0 Å². The molecule has 3 aromatic carbocycles. The molecule has 5 nitrogen and oxygen atoms in total. The number of hydrogen-bond acceptors (Lipinski definition) is 5. The van der Waals surface area contributed by atoms with Gasteiger partial charge in [0, 0.05) is 6.54 Å². The van der Waals surface area contributed by atoms with Crippen LogP contribution in [0.4, 0.5) is 0 Å². The van der Waals surface area contributed by atoms with Gasteiger partial charge in [-0.25, -0.2) is 0 Å². The van der Waals surface area contributed by atoms with Gasteiger partial charge in [-0.3, -0.25) is 0 Å². The molecule has 0 unspecified atom stereocenters. The molecule has 0 fully saturated rings.